The van der Waals surface area contributed by atoms with Crippen LogP contribution in [0.4, 0.5) is 4.39 Å². The number of hydrogen-bond donors (Lipinski definition) is 0. The van der Waals surface area contributed by atoms with E-state index in [1.165, 1.54) is 43.7 Å². The quantitative estimate of drug-likeness (QED) is 0.668. The minimum Gasteiger partial charge on any atom is -0.207 e. The van der Waals surface area contributed by atoms with Crippen molar-refractivity contribution in [2.45, 2.75) is 44.9 Å². The van der Waals surface area contributed by atoms with Gasteiger partial charge in [0.15, 0.2) is 0 Å². The van der Waals surface area contributed by atoms with E-state index in [0.29, 0.717) is 5.92 Å². The molecule has 1 unspecified atom stereocenters. The van der Waals surface area contributed by atoms with Crippen LogP contribution in [0.15, 0.2) is 24.3 Å². The van der Waals surface area contributed by atoms with Gasteiger partial charge in [-0.25, -0.2) is 4.39 Å². The van der Waals surface area contributed by atoms with Crippen LogP contribution >= 0.6 is 0 Å². The molecule has 0 spiro atoms. The zero-order valence-corrected chi connectivity index (χ0v) is 9.38. The van der Waals surface area contributed by atoms with E-state index in [1.54, 1.807) is 6.07 Å². The van der Waals surface area contributed by atoms with E-state index >= 15 is 0 Å². The maximum atomic E-state index is 13.1. The molecule has 0 radical (unpaired) electrons. The lowest BCUT2D eigenvalue weighted by atomic mass is 9.78. The van der Waals surface area contributed by atoms with E-state index in [-0.39, 0.29) is 5.82 Å². The number of halogens is 1. The summed E-state index contributed by atoms with van der Waals surface area (Å²) in [7, 11) is 0. The minimum absolute atomic E-state index is 0.102. The Bertz CT molecular complexity index is 313. The maximum absolute atomic E-state index is 13.1. The molecule has 0 aromatic heterocycles. The fraction of sp³-hybridized carbons (Fsp3) is 0.571. The van der Waals surface area contributed by atoms with Gasteiger partial charge >= 0.3 is 0 Å². The molecule has 1 atom stereocenters. The van der Waals surface area contributed by atoms with Crippen molar-refractivity contribution in [1.82, 2.24) is 0 Å². The topological polar surface area (TPSA) is 0 Å². The molecule has 1 aliphatic carbocycles. The van der Waals surface area contributed by atoms with Gasteiger partial charge in [0.25, 0.3) is 0 Å². The highest BCUT2D eigenvalue weighted by molar-refractivity contribution is 5.20. The van der Waals surface area contributed by atoms with Crippen LogP contribution in [0, 0.1) is 11.7 Å². The average Bonchev–Trinajstić information content (AvgIpc) is 2.29. The highest BCUT2D eigenvalue weighted by Crippen LogP contribution is 2.35. The van der Waals surface area contributed by atoms with Crippen LogP contribution in [0.2, 0.25) is 0 Å². The zero-order valence-electron chi connectivity index (χ0n) is 9.38. The zero-order chi connectivity index (χ0) is 10.7. The monoisotopic (exact) mass is 206 g/mol. The standard InChI is InChI=1S/C14H19F/c1-11(12-6-3-2-4-7-12)13-8-5-9-14(15)10-13/h5,8-12H,2-4,6-7H2,1H3. The van der Waals surface area contributed by atoms with Gasteiger partial charge in [-0.15, -0.1) is 0 Å². The van der Waals surface area contributed by atoms with E-state index in [9.17, 15) is 4.39 Å². The van der Waals surface area contributed by atoms with E-state index in [1.807, 2.05) is 6.07 Å². The van der Waals surface area contributed by atoms with Crippen LogP contribution < -0.4 is 0 Å². The van der Waals surface area contributed by atoms with E-state index in [2.05, 4.69) is 13.0 Å². The third-order valence-corrected chi connectivity index (χ3v) is 3.73. The summed E-state index contributed by atoms with van der Waals surface area (Å²) in [5.74, 6) is 1.18. The van der Waals surface area contributed by atoms with Crippen molar-refractivity contribution in [3.05, 3.63) is 35.6 Å². The van der Waals surface area contributed by atoms with Gasteiger partial charge in [-0.3, -0.25) is 0 Å². The molecule has 0 heterocycles. The van der Waals surface area contributed by atoms with Crippen LogP contribution in [-0.4, -0.2) is 0 Å². The molecule has 1 heteroatoms. The van der Waals surface area contributed by atoms with Crippen LogP contribution in [0.1, 0.15) is 50.5 Å². The number of hydrogen-bond acceptors (Lipinski definition) is 0. The van der Waals surface area contributed by atoms with E-state index in [4.69, 9.17) is 0 Å². The molecule has 1 aromatic carbocycles. The van der Waals surface area contributed by atoms with Crippen molar-refractivity contribution >= 4 is 0 Å². The molecule has 82 valence electrons. The first-order valence-electron chi connectivity index (χ1n) is 6.03. The Kier molecular flexibility index (Phi) is 3.40. The van der Waals surface area contributed by atoms with Crippen LogP contribution in [0.5, 0.6) is 0 Å². The van der Waals surface area contributed by atoms with Gasteiger partial charge in [0, 0.05) is 0 Å². The Morgan fingerprint density at radius 2 is 1.93 bits per heavy atom. The Balaban J connectivity index is 2.08. The van der Waals surface area contributed by atoms with Crippen molar-refractivity contribution in [3.8, 4) is 0 Å². The third-order valence-electron chi connectivity index (χ3n) is 3.73. The Morgan fingerprint density at radius 1 is 1.20 bits per heavy atom. The summed E-state index contributed by atoms with van der Waals surface area (Å²) in [6.45, 7) is 2.24. The molecule has 1 aliphatic rings. The predicted molar refractivity (Wildman–Crippen MR) is 61.4 cm³/mol. The summed E-state index contributed by atoms with van der Waals surface area (Å²) in [6, 6.07) is 7.10. The number of rotatable bonds is 2. The lowest BCUT2D eigenvalue weighted by Gasteiger charge is -2.27. The first-order chi connectivity index (χ1) is 7.27. The first-order valence-corrected chi connectivity index (χ1v) is 6.03. The minimum atomic E-state index is -0.102. The van der Waals surface area contributed by atoms with Gasteiger partial charge in [0.05, 0.1) is 0 Å². The largest absolute Gasteiger partial charge is 0.207 e. The van der Waals surface area contributed by atoms with Crippen LogP contribution in [0.25, 0.3) is 0 Å². The normalized spacial score (nSPS) is 20.1. The summed E-state index contributed by atoms with van der Waals surface area (Å²) in [5.41, 5.74) is 1.17. The fourth-order valence-electron chi connectivity index (χ4n) is 2.70. The summed E-state index contributed by atoms with van der Waals surface area (Å²) in [4.78, 5) is 0. The second-order valence-electron chi connectivity index (χ2n) is 4.74. The highest BCUT2D eigenvalue weighted by atomic mass is 19.1. The molecule has 0 amide bonds. The summed E-state index contributed by atoms with van der Waals surface area (Å²) in [6.07, 6.45) is 6.72. The van der Waals surface area contributed by atoms with Crippen molar-refractivity contribution in [2.24, 2.45) is 5.92 Å². The Labute approximate surface area is 91.5 Å². The second-order valence-corrected chi connectivity index (χ2v) is 4.74. The molecule has 15 heavy (non-hydrogen) atoms. The van der Waals surface area contributed by atoms with Crippen LogP contribution in [0.3, 0.4) is 0 Å². The van der Waals surface area contributed by atoms with Crippen LogP contribution in [-0.2, 0) is 0 Å². The molecule has 0 N–H and O–H groups in total. The smallest absolute Gasteiger partial charge is 0.123 e. The Morgan fingerprint density at radius 3 is 2.60 bits per heavy atom. The molecule has 0 bridgehead atoms. The molecular weight excluding hydrogens is 187 g/mol. The molecule has 0 saturated heterocycles. The molecule has 0 nitrogen and oxygen atoms in total. The average molecular weight is 206 g/mol. The van der Waals surface area contributed by atoms with Gasteiger partial charge in [0.2, 0.25) is 0 Å². The third kappa shape index (κ3) is 2.58. The van der Waals surface area contributed by atoms with Crippen molar-refractivity contribution in [1.29, 1.82) is 0 Å². The predicted octanol–water partition coefficient (Wildman–Crippen LogP) is 4.51. The summed E-state index contributed by atoms with van der Waals surface area (Å²) >= 11 is 0. The van der Waals surface area contributed by atoms with Gasteiger partial charge < -0.3 is 0 Å². The molecular formula is C14H19F. The Hall–Kier alpha value is -0.850. The lowest BCUT2D eigenvalue weighted by Crippen LogP contribution is -2.13. The SMILES string of the molecule is CC(c1cccc(F)c1)C1CCCCC1. The summed E-state index contributed by atoms with van der Waals surface area (Å²) in [5, 5.41) is 0. The van der Waals surface area contributed by atoms with Crippen molar-refractivity contribution in [2.75, 3.05) is 0 Å². The molecule has 0 aliphatic heterocycles. The van der Waals surface area contributed by atoms with Gasteiger partial charge in [-0.2, -0.15) is 0 Å². The van der Waals surface area contributed by atoms with Gasteiger partial charge in [-0.1, -0.05) is 38.3 Å². The van der Waals surface area contributed by atoms with Crippen molar-refractivity contribution < 1.29 is 4.39 Å². The molecule has 2 rings (SSSR count). The van der Waals surface area contributed by atoms with Crippen molar-refractivity contribution in [3.63, 3.8) is 0 Å². The van der Waals surface area contributed by atoms with E-state index < -0.39 is 0 Å². The highest BCUT2D eigenvalue weighted by Gasteiger charge is 2.21. The lowest BCUT2D eigenvalue weighted by molar-refractivity contribution is 0.315. The van der Waals surface area contributed by atoms with Gasteiger partial charge in [-0.05, 0) is 42.4 Å². The molecule has 1 aromatic rings. The first kappa shape index (κ1) is 10.7. The summed E-state index contributed by atoms with van der Waals surface area (Å²) < 4.78 is 13.1. The molecule has 1 fully saturated rings. The fourth-order valence-corrected chi connectivity index (χ4v) is 2.70. The maximum Gasteiger partial charge on any atom is 0.123 e. The number of benzene rings is 1. The van der Waals surface area contributed by atoms with Gasteiger partial charge in [0.1, 0.15) is 5.82 Å². The van der Waals surface area contributed by atoms with E-state index in [0.717, 1.165) is 5.92 Å². The second kappa shape index (κ2) is 4.78. The molecule has 1 saturated carbocycles.